The van der Waals surface area contributed by atoms with E-state index in [0.29, 0.717) is 12.6 Å². The average molecular weight is 350 g/mol. The number of benzene rings is 1. The van der Waals surface area contributed by atoms with E-state index in [4.69, 9.17) is 19.4 Å². The SMILES string of the molecule is CN1CCC2CC/C(=N\OCCO)CC21.COc1ccccc1OC. The van der Waals surface area contributed by atoms with Crippen LogP contribution in [0, 0.1) is 5.92 Å². The molecule has 1 N–H and O–H groups in total. The number of methoxy groups -OCH3 is 2. The topological polar surface area (TPSA) is 63.5 Å². The zero-order chi connectivity index (χ0) is 18.1. The molecular formula is C19H30N2O4. The maximum Gasteiger partial charge on any atom is 0.160 e. The minimum absolute atomic E-state index is 0.0444. The van der Waals surface area contributed by atoms with Crippen molar-refractivity contribution in [3.8, 4) is 11.5 Å². The quantitative estimate of drug-likeness (QED) is 0.653. The second-order valence-corrected chi connectivity index (χ2v) is 6.41. The Kier molecular flexibility index (Phi) is 8.01. The number of ether oxygens (including phenoxy) is 2. The minimum Gasteiger partial charge on any atom is -0.493 e. The summed E-state index contributed by atoms with van der Waals surface area (Å²) in [5, 5.41) is 12.7. The van der Waals surface area contributed by atoms with Gasteiger partial charge in [0.15, 0.2) is 11.5 Å². The summed E-state index contributed by atoms with van der Waals surface area (Å²) in [6.45, 7) is 1.58. The van der Waals surface area contributed by atoms with Crippen LogP contribution in [0.3, 0.4) is 0 Å². The van der Waals surface area contributed by atoms with Crippen molar-refractivity contribution < 1.29 is 19.4 Å². The third kappa shape index (κ3) is 5.61. The van der Waals surface area contributed by atoms with E-state index in [1.807, 2.05) is 24.3 Å². The summed E-state index contributed by atoms with van der Waals surface area (Å²) < 4.78 is 10.0. The van der Waals surface area contributed by atoms with Crippen LogP contribution in [0.25, 0.3) is 0 Å². The van der Waals surface area contributed by atoms with E-state index < -0.39 is 0 Å². The number of para-hydroxylation sites is 2. The van der Waals surface area contributed by atoms with Gasteiger partial charge in [-0.15, -0.1) is 0 Å². The van der Waals surface area contributed by atoms with Gasteiger partial charge in [0, 0.05) is 12.5 Å². The number of aliphatic hydroxyl groups excluding tert-OH is 1. The predicted molar refractivity (Wildman–Crippen MR) is 98.4 cm³/mol. The van der Waals surface area contributed by atoms with Gasteiger partial charge in [-0.1, -0.05) is 17.3 Å². The first kappa shape index (κ1) is 19.5. The highest BCUT2D eigenvalue weighted by Crippen LogP contribution is 2.34. The van der Waals surface area contributed by atoms with E-state index in [0.717, 1.165) is 30.3 Å². The molecule has 2 atom stereocenters. The lowest BCUT2D eigenvalue weighted by Crippen LogP contribution is -2.35. The lowest BCUT2D eigenvalue weighted by atomic mass is 9.84. The summed E-state index contributed by atoms with van der Waals surface area (Å²) >= 11 is 0. The normalized spacial score (nSPS) is 24.2. The van der Waals surface area contributed by atoms with Crippen molar-refractivity contribution in [2.75, 3.05) is 41.0 Å². The van der Waals surface area contributed by atoms with Gasteiger partial charge in [-0.2, -0.15) is 0 Å². The first-order valence-electron chi connectivity index (χ1n) is 8.85. The van der Waals surface area contributed by atoms with Crippen LogP contribution in [0.15, 0.2) is 29.4 Å². The smallest absolute Gasteiger partial charge is 0.160 e. The Morgan fingerprint density at radius 2 is 1.84 bits per heavy atom. The van der Waals surface area contributed by atoms with E-state index in [-0.39, 0.29) is 6.61 Å². The largest absolute Gasteiger partial charge is 0.493 e. The Bertz CT molecular complexity index is 527. The second-order valence-electron chi connectivity index (χ2n) is 6.41. The highest BCUT2D eigenvalue weighted by atomic mass is 16.6. The van der Waals surface area contributed by atoms with E-state index in [2.05, 4.69) is 17.1 Å². The molecule has 1 aromatic rings. The molecule has 1 saturated carbocycles. The van der Waals surface area contributed by atoms with E-state index in [1.165, 1.54) is 25.1 Å². The molecule has 0 spiro atoms. The molecule has 0 amide bonds. The van der Waals surface area contributed by atoms with Crippen molar-refractivity contribution in [1.29, 1.82) is 0 Å². The maximum absolute atomic E-state index is 8.59. The summed E-state index contributed by atoms with van der Waals surface area (Å²) in [7, 11) is 5.44. The molecule has 0 bridgehead atoms. The molecule has 0 radical (unpaired) electrons. The lowest BCUT2D eigenvalue weighted by Gasteiger charge is -2.29. The monoisotopic (exact) mass is 350 g/mol. The third-order valence-corrected chi connectivity index (χ3v) is 4.88. The fourth-order valence-corrected chi connectivity index (χ4v) is 3.49. The molecule has 1 heterocycles. The van der Waals surface area contributed by atoms with Crippen LogP contribution < -0.4 is 9.47 Å². The van der Waals surface area contributed by atoms with Gasteiger partial charge in [0.05, 0.1) is 26.5 Å². The fraction of sp³-hybridized carbons (Fsp3) is 0.632. The molecule has 0 aromatic heterocycles. The van der Waals surface area contributed by atoms with E-state index in [9.17, 15) is 0 Å². The number of rotatable bonds is 5. The summed E-state index contributed by atoms with van der Waals surface area (Å²) in [5.74, 6) is 2.40. The first-order chi connectivity index (χ1) is 12.2. The summed E-state index contributed by atoms with van der Waals surface area (Å²) in [6, 6.07) is 8.20. The first-order valence-corrected chi connectivity index (χ1v) is 8.85. The maximum atomic E-state index is 8.59. The van der Waals surface area contributed by atoms with Crippen LogP contribution in [-0.4, -0.2) is 62.8 Å². The molecule has 25 heavy (non-hydrogen) atoms. The van der Waals surface area contributed by atoms with Gasteiger partial charge in [-0.3, -0.25) is 0 Å². The summed E-state index contributed by atoms with van der Waals surface area (Å²) in [6.07, 6.45) is 4.70. The molecule has 1 saturated heterocycles. The summed E-state index contributed by atoms with van der Waals surface area (Å²) in [4.78, 5) is 7.46. The molecular weight excluding hydrogens is 320 g/mol. The fourth-order valence-electron chi connectivity index (χ4n) is 3.49. The Hall–Kier alpha value is -1.79. The lowest BCUT2D eigenvalue weighted by molar-refractivity contribution is 0.0963. The number of likely N-dealkylation sites (tertiary alicyclic amines) is 1. The third-order valence-electron chi connectivity index (χ3n) is 4.88. The summed E-state index contributed by atoms with van der Waals surface area (Å²) in [5.41, 5.74) is 1.17. The van der Waals surface area contributed by atoms with Crippen molar-refractivity contribution in [3.05, 3.63) is 24.3 Å². The number of aliphatic hydroxyl groups is 1. The van der Waals surface area contributed by atoms with Gasteiger partial charge in [0.1, 0.15) is 6.61 Å². The Morgan fingerprint density at radius 1 is 1.16 bits per heavy atom. The average Bonchev–Trinajstić information content (AvgIpc) is 3.03. The zero-order valence-electron chi connectivity index (χ0n) is 15.5. The standard InChI is InChI=1S/C11H20N2O2.C8H10O2/c1-13-5-4-9-2-3-10(8-11(9)13)12-15-7-6-14;1-9-7-5-3-4-6-8(7)10-2/h9,11,14H,2-8H2,1H3;3-6H,1-2H3/b12-10+;. The highest BCUT2D eigenvalue weighted by molar-refractivity contribution is 5.85. The Labute approximate surface area is 150 Å². The molecule has 1 aliphatic heterocycles. The van der Waals surface area contributed by atoms with E-state index in [1.54, 1.807) is 14.2 Å². The van der Waals surface area contributed by atoms with Gasteiger partial charge in [-0.05, 0) is 50.9 Å². The molecule has 2 fully saturated rings. The molecule has 2 unspecified atom stereocenters. The van der Waals surface area contributed by atoms with Crippen LogP contribution in [0.1, 0.15) is 25.7 Å². The molecule has 6 nitrogen and oxygen atoms in total. The van der Waals surface area contributed by atoms with Crippen LogP contribution in [0.2, 0.25) is 0 Å². The second kappa shape index (κ2) is 10.3. The van der Waals surface area contributed by atoms with Crippen molar-refractivity contribution in [3.63, 3.8) is 0 Å². The highest BCUT2D eigenvalue weighted by Gasteiger charge is 2.35. The van der Waals surface area contributed by atoms with Gasteiger partial charge in [-0.25, -0.2) is 0 Å². The minimum atomic E-state index is 0.0444. The van der Waals surface area contributed by atoms with Crippen molar-refractivity contribution >= 4 is 5.71 Å². The molecule has 3 rings (SSSR count). The van der Waals surface area contributed by atoms with E-state index >= 15 is 0 Å². The number of hydrogen-bond donors (Lipinski definition) is 1. The molecule has 6 heteroatoms. The zero-order valence-corrected chi connectivity index (χ0v) is 15.5. The molecule has 140 valence electrons. The van der Waals surface area contributed by atoms with Gasteiger partial charge in [0.2, 0.25) is 0 Å². The van der Waals surface area contributed by atoms with Crippen LogP contribution >= 0.6 is 0 Å². The van der Waals surface area contributed by atoms with Crippen molar-refractivity contribution in [2.45, 2.75) is 31.7 Å². The van der Waals surface area contributed by atoms with Gasteiger partial charge < -0.3 is 24.3 Å². The molecule has 1 aliphatic carbocycles. The number of hydrogen-bond acceptors (Lipinski definition) is 6. The van der Waals surface area contributed by atoms with Crippen LogP contribution in [-0.2, 0) is 4.84 Å². The van der Waals surface area contributed by atoms with Crippen molar-refractivity contribution in [2.24, 2.45) is 11.1 Å². The Morgan fingerprint density at radius 3 is 2.44 bits per heavy atom. The van der Waals surface area contributed by atoms with Crippen molar-refractivity contribution in [1.82, 2.24) is 4.90 Å². The Balaban J connectivity index is 0.000000196. The number of nitrogens with zero attached hydrogens (tertiary/aromatic N) is 2. The molecule has 1 aromatic carbocycles. The molecule has 2 aliphatic rings. The predicted octanol–water partition coefficient (Wildman–Crippen LogP) is 2.56. The number of fused-ring (bicyclic) bond motifs is 1. The van der Waals surface area contributed by atoms with Crippen LogP contribution in [0.5, 0.6) is 11.5 Å². The van der Waals surface area contributed by atoms with Crippen LogP contribution in [0.4, 0.5) is 0 Å². The van der Waals surface area contributed by atoms with Gasteiger partial charge >= 0.3 is 0 Å². The number of oxime groups is 1. The van der Waals surface area contributed by atoms with Gasteiger partial charge in [0.25, 0.3) is 0 Å².